The first kappa shape index (κ1) is 19.2. The minimum Gasteiger partial charge on any atom is -0.484 e. The molecule has 1 aliphatic rings. The minimum absolute atomic E-state index is 0.0248. The average Bonchev–Trinajstić information content (AvgIpc) is 3.11. The van der Waals surface area contributed by atoms with E-state index in [4.69, 9.17) is 15.2 Å². The van der Waals surface area contributed by atoms with Crippen molar-refractivity contribution in [3.05, 3.63) is 24.3 Å². The molecule has 2 atom stereocenters. The van der Waals surface area contributed by atoms with Crippen molar-refractivity contribution in [1.29, 1.82) is 0 Å². The van der Waals surface area contributed by atoms with Gasteiger partial charge in [0.2, 0.25) is 0 Å². The van der Waals surface area contributed by atoms with Crippen LogP contribution in [-0.2, 0) is 14.3 Å². The third-order valence-electron chi connectivity index (χ3n) is 4.24. The van der Waals surface area contributed by atoms with Crippen LogP contribution in [0.2, 0.25) is 0 Å². The second-order valence-electron chi connectivity index (χ2n) is 5.93. The summed E-state index contributed by atoms with van der Waals surface area (Å²) < 4.78 is 11.1. The fourth-order valence-corrected chi connectivity index (χ4v) is 2.77. The fraction of sp³-hybridized carbons (Fsp3) is 0.556. The second kappa shape index (κ2) is 9.39. The van der Waals surface area contributed by atoms with Gasteiger partial charge in [-0.25, -0.2) is 0 Å². The molecule has 0 spiro atoms. The van der Waals surface area contributed by atoms with Gasteiger partial charge >= 0.3 is 0 Å². The van der Waals surface area contributed by atoms with Gasteiger partial charge in [0.1, 0.15) is 11.9 Å². The van der Waals surface area contributed by atoms with Gasteiger partial charge in [-0.05, 0) is 38.8 Å². The molecule has 0 aromatic heterocycles. The zero-order valence-corrected chi connectivity index (χ0v) is 14.9. The van der Waals surface area contributed by atoms with Crippen molar-refractivity contribution >= 4 is 17.5 Å². The minimum atomic E-state index is -0.470. The lowest BCUT2D eigenvalue weighted by molar-refractivity contribution is -0.133. The number of ether oxygens (including phenoxy) is 2. The number of carbonyl (C=O) groups excluding carboxylic acids is 2. The number of carbonyl (C=O) groups is 2. The van der Waals surface area contributed by atoms with Crippen LogP contribution >= 0.6 is 0 Å². The van der Waals surface area contributed by atoms with E-state index in [0.29, 0.717) is 37.5 Å². The molecular formula is C18H27N3O4. The number of amides is 2. The summed E-state index contributed by atoms with van der Waals surface area (Å²) in [5.41, 5.74) is 6.17. The van der Waals surface area contributed by atoms with Crippen LogP contribution in [-0.4, -0.2) is 55.2 Å². The number of likely N-dealkylation sites (N-methyl/N-ethyl adjacent to an activating group) is 1. The molecule has 0 saturated carbocycles. The van der Waals surface area contributed by atoms with Crippen molar-refractivity contribution in [3.63, 3.8) is 0 Å². The lowest BCUT2D eigenvalue weighted by atomic mass is 10.2. The quantitative estimate of drug-likeness (QED) is 0.739. The van der Waals surface area contributed by atoms with E-state index >= 15 is 0 Å². The average molecular weight is 349 g/mol. The van der Waals surface area contributed by atoms with Crippen molar-refractivity contribution in [2.45, 2.75) is 38.9 Å². The van der Waals surface area contributed by atoms with E-state index in [1.165, 1.54) is 0 Å². The summed E-state index contributed by atoms with van der Waals surface area (Å²) in [6, 6.07) is 6.99. The van der Waals surface area contributed by atoms with Crippen LogP contribution in [0.1, 0.15) is 26.7 Å². The molecule has 1 heterocycles. The molecule has 138 valence electrons. The van der Waals surface area contributed by atoms with E-state index in [-0.39, 0.29) is 24.5 Å². The number of nitrogens with one attached hydrogen (secondary N) is 1. The predicted octanol–water partition coefficient (Wildman–Crippen LogP) is 1.38. The van der Waals surface area contributed by atoms with E-state index in [2.05, 4.69) is 5.32 Å². The van der Waals surface area contributed by atoms with Crippen LogP contribution in [0.5, 0.6) is 5.75 Å². The largest absolute Gasteiger partial charge is 0.484 e. The zero-order valence-electron chi connectivity index (χ0n) is 14.9. The van der Waals surface area contributed by atoms with Gasteiger partial charge in [-0.1, -0.05) is 6.07 Å². The van der Waals surface area contributed by atoms with Gasteiger partial charge in [0, 0.05) is 31.4 Å². The zero-order chi connectivity index (χ0) is 18.2. The Morgan fingerprint density at radius 3 is 2.72 bits per heavy atom. The van der Waals surface area contributed by atoms with Gasteiger partial charge in [0.25, 0.3) is 11.8 Å². The molecule has 25 heavy (non-hydrogen) atoms. The molecule has 0 radical (unpaired) electrons. The Hall–Kier alpha value is -2.12. The van der Waals surface area contributed by atoms with E-state index in [1.807, 2.05) is 13.8 Å². The molecule has 1 aliphatic heterocycles. The van der Waals surface area contributed by atoms with Crippen LogP contribution < -0.4 is 15.8 Å². The number of benzene rings is 1. The van der Waals surface area contributed by atoms with Crippen molar-refractivity contribution in [2.24, 2.45) is 5.73 Å². The van der Waals surface area contributed by atoms with E-state index in [1.54, 1.807) is 29.2 Å². The molecular weight excluding hydrogens is 322 g/mol. The summed E-state index contributed by atoms with van der Waals surface area (Å²) in [5, 5.41) is 2.82. The maximum absolute atomic E-state index is 12.2. The van der Waals surface area contributed by atoms with Crippen molar-refractivity contribution in [1.82, 2.24) is 4.90 Å². The van der Waals surface area contributed by atoms with Crippen molar-refractivity contribution in [3.8, 4) is 5.75 Å². The summed E-state index contributed by atoms with van der Waals surface area (Å²) in [6.07, 6.45) is 0.951. The van der Waals surface area contributed by atoms with Gasteiger partial charge < -0.3 is 25.4 Å². The topological polar surface area (TPSA) is 93.9 Å². The highest BCUT2D eigenvalue weighted by atomic mass is 16.5. The Kier molecular flexibility index (Phi) is 7.21. The standard InChI is InChI=1S/C18H27N3O4/c1-3-21(4-2)17(22)12-24-14-7-5-6-13(10-14)20-18(23)16-9-8-15(11-19)25-16/h5-7,10,15-16H,3-4,8-9,11-12,19H2,1-2H3,(H,20,23)/t15-,16+/m1/s1. The summed E-state index contributed by atoms with van der Waals surface area (Å²) in [6.45, 7) is 5.56. The molecule has 7 heteroatoms. The monoisotopic (exact) mass is 349 g/mol. The lowest BCUT2D eigenvalue weighted by Crippen LogP contribution is -2.34. The number of rotatable bonds is 8. The number of hydrogen-bond donors (Lipinski definition) is 2. The summed E-state index contributed by atoms with van der Waals surface area (Å²) in [4.78, 5) is 25.9. The summed E-state index contributed by atoms with van der Waals surface area (Å²) >= 11 is 0. The van der Waals surface area contributed by atoms with E-state index in [0.717, 1.165) is 6.42 Å². The molecule has 2 amide bonds. The molecule has 1 aromatic carbocycles. The molecule has 0 aliphatic carbocycles. The first-order valence-electron chi connectivity index (χ1n) is 8.74. The van der Waals surface area contributed by atoms with Gasteiger partial charge in [-0.15, -0.1) is 0 Å². The van der Waals surface area contributed by atoms with Crippen LogP contribution in [0, 0.1) is 0 Å². The van der Waals surface area contributed by atoms with Crippen LogP contribution in [0.3, 0.4) is 0 Å². The fourth-order valence-electron chi connectivity index (χ4n) is 2.77. The molecule has 3 N–H and O–H groups in total. The molecule has 2 rings (SSSR count). The number of anilines is 1. The highest BCUT2D eigenvalue weighted by Crippen LogP contribution is 2.22. The lowest BCUT2D eigenvalue weighted by Gasteiger charge is -2.19. The third kappa shape index (κ3) is 5.44. The molecule has 0 unspecified atom stereocenters. The number of nitrogens with two attached hydrogens (primary N) is 1. The smallest absolute Gasteiger partial charge is 0.260 e. The Bertz CT molecular complexity index is 589. The molecule has 0 bridgehead atoms. The van der Waals surface area contributed by atoms with Crippen LogP contribution in [0.15, 0.2) is 24.3 Å². The Labute approximate surface area is 148 Å². The van der Waals surface area contributed by atoms with Gasteiger partial charge in [0.05, 0.1) is 6.10 Å². The van der Waals surface area contributed by atoms with Crippen LogP contribution in [0.4, 0.5) is 5.69 Å². The van der Waals surface area contributed by atoms with Gasteiger partial charge in [-0.2, -0.15) is 0 Å². The summed E-state index contributed by atoms with van der Waals surface area (Å²) in [7, 11) is 0. The Balaban J connectivity index is 1.88. The normalized spacial score (nSPS) is 19.5. The maximum Gasteiger partial charge on any atom is 0.260 e. The first-order chi connectivity index (χ1) is 12.1. The Morgan fingerprint density at radius 2 is 2.08 bits per heavy atom. The number of hydrogen-bond acceptors (Lipinski definition) is 5. The van der Waals surface area contributed by atoms with Gasteiger partial charge in [0.15, 0.2) is 6.61 Å². The third-order valence-corrected chi connectivity index (χ3v) is 4.24. The summed E-state index contributed by atoms with van der Waals surface area (Å²) in [5.74, 6) is 0.282. The molecule has 1 saturated heterocycles. The highest BCUT2D eigenvalue weighted by Gasteiger charge is 2.29. The Morgan fingerprint density at radius 1 is 1.32 bits per heavy atom. The van der Waals surface area contributed by atoms with Gasteiger partial charge in [-0.3, -0.25) is 9.59 Å². The molecule has 1 aromatic rings. The number of nitrogens with zero attached hydrogens (tertiary/aromatic N) is 1. The van der Waals surface area contributed by atoms with E-state index in [9.17, 15) is 9.59 Å². The molecule has 7 nitrogen and oxygen atoms in total. The van der Waals surface area contributed by atoms with Crippen molar-refractivity contribution in [2.75, 3.05) is 31.6 Å². The van der Waals surface area contributed by atoms with E-state index < -0.39 is 6.10 Å². The predicted molar refractivity (Wildman–Crippen MR) is 95.4 cm³/mol. The second-order valence-corrected chi connectivity index (χ2v) is 5.93. The maximum atomic E-state index is 12.2. The molecule has 1 fully saturated rings. The van der Waals surface area contributed by atoms with Crippen molar-refractivity contribution < 1.29 is 19.1 Å². The van der Waals surface area contributed by atoms with Crippen LogP contribution in [0.25, 0.3) is 0 Å². The first-order valence-corrected chi connectivity index (χ1v) is 8.74. The SMILES string of the molecule is CCN(CC)C(=O)COc1cccc(NC(=O)[C@@H]2CC[C@H](CN)O2)c1. The highest BCUT2D eigenvalue weighted by molar-refractivity contribution is 5.94.